The lowest BCUT2D eigenvalue weighted by atomic mass is 9.99. The minimum atomic E-state index is -4.96. The van der Waals surface area contributed by atoms with Gasteiger partial charge in [0.05, 0.1) is 26.4 Å². The van der Waals surface area contributed by atoms with Crippen molar-refractivity contribution in [3.05, 3.63) is 0 Å². The van der Waals surface area contributed by atoms with Gasteiger partial charge in [0.25, 0.3) is 0 Å². The first-order valence-electron chi connectivity index (χ1n) is 42.8. The third-order valence-corrected chi connectivity index (χ3v) is 22.3. The Kier molecular flexibility index (Phi) is 70.6. The molecule has 8 atom stereocenters. The molecule has 0 saturated carbocycles. The molecule has 0 spiro atoms. The molecule has 3 N–H and O–H groups in total. The lowest BCUT2D eigenvalue weighted by molar-refractivity contribution is -0.161. The highest BCUT2D eigenvalue weighted by Gasteiger charge is 2.30. The number of carbonyl (C=O) groups is 4. The molecule has 0 aromatic carbocycles. The van der Waals surface area contributed by atoms with E-state index >= 15 is 0 Å². The van der Waals surface area contributed by atoms with E-state index in [1.807, 2.05) is 0 Å². The Hall–Kier alpha value is -1.94. The first-order chi connectivity index (χ1) is 49.2. The van der Waals surface area contributed by atoms with Gasteiger partial charge in [-0.3, -0.25) is 37.3 Å². The molecule has 0 rings (SSSR count). The minimum Gasteiger partial charge on any atom is -0.462 e. The fourth-order valence-corrected chi connectivity index (χ4v) is 14.3. The van der Waals surface area contributed by atoms with Crippen LogP contribution in [0.2, 0.25) is 0 Å². The maximum absolute atomic E-state index is 13.1. The van der Waals surface area contributed by atoms with Gasteiger partial charge in [-0.05, 0) is 49.4 Å². The van der Waals surface area contributed by atoms with Crippen molar-refractivity contribution in [3.63, 3.8) is 0 Å². The number of unbranched alkanes of at least 4 members (excludes halogenated alkanes) is 43. The summed E-state index contributed by atoms with van der Waals surface area (Å²) in [6, 6.07) is 0. The summed E-state index contributed by atoms with van der Waals surface area (Å²) in [6.07, 6.45) is 59.6. The van der Waals surface area contributed by atoms with Crippen LogP contribution in [0.4, 0.5) is 0 Å². The average molecular weight is 1490 g/mol. The molecule has 0 aliphatic carbocycles. The largest absolute Gasteiger partial charge is 0.472 e. The molecule has 606 valence electrons. The lowest BCUT2D eigenvalue weighted by Gasteiger charge is -2.21. The summed E-state index contributed by atoms with van der Waals surface area (Å²) < 4.78 is 68.8. The van der Waals surface area contributed by atoms with Crippen molar-refractivity contribution in [2.24, 2.45) is 23.7 Å². The predicted octanol–water partition coefficient (Wildman–Crippen LogP) is 24.8. The van der Waals surface area contributed by atoms with E-state index in [0.717, 1.165) is 120 Å². The van der Waals surface area contributed by atoms with Crippen LogP contribution in [-0.2, 0) is 65.4 Å². The van der Waals surface area contributed by atoms with Gasteiger partial charge >= 0.3 is 39.5 Å². The molecule has 19 heteroatoms. The van der Waals surface area contributed by atoms with Crippen LogP contribution >= 0.6 is 15.6 Å². The second-order valence-corrected chi connectivity index (χ2v) is 34.0. The number of phosphoric ester groups is 2. The molecule has 0 bridgehead atoms. The molecule has 102 heavy (non-hydrogen) atoms. The van der Waals surface area contributed by atoms with Crippen LogP contribution in [0.25, 0.3) is 0 Å². The highest BCUT2D eigenvalue weighted by molar-refractivity contribution is 7.47. The van der Waals surface area contributed by atoms with Crippen LogP contribution in [0.3, 0.4) is 0 Å². The Balaban J connectivity index is 5.22. The summed E-state index contributed by atoms with van der Waals surface area (Å²) in [5.74, 6) is 1.08. The number of esters is 4. The highest BCUT2D eigenvalue weighted by Crippen LogP contribution is 2.45. The van der Waals surface area contributed by atoms with Crippen LogP contribution in [-0.4, -0.2) is 96.7 Å². The third-order valence-electron chi connectivity index (χ3n) is 20.4. The number of carbonyl (C=O) groups excluding carboxylic acids is 4. The molecule has 0 aromatic rings. The Morgan fingerprint density at radius 3 is 0.696 bits per heavy atom. The van der Waals surface area contributed by atoms with Crippen LogP contribution in [0.15, 0.2) is 0 Å². The van der Waals surface area contributed by atoms with Crippen LogP contribution < -0.4 is 0 Å². The summed E-state index contributed by atoms with van der Waals surface area (Å²) >= 11 is 0. The zero-order valence-corrected chi connectivity index (χ0v) is 69.0. The van der Waals surface area contributed by atoms with Crippen LogP contribution in [0, 0.1) is 23.7 Å². The van der Waals surface area contributed by atoms with Crippen molar-refractivity contribution in [1.82, 2.24) is 0 Å². The standard InChI is InChI=1S/C83H162O17P2/c1-9-74(6)60-52-44-36-30-24-20-16-14-12-13-15-17-21-25-32-38-47-55-63-80(85)93-69-78(99-82(87)65-57-49-39-33-26-22-18-19-23-29-35-43-51-59-73(4)5)71-97-101(89,90)95-67-77(84)68-96-102(91,92)98-72-79(70-94-81(86)64-56-48-42-41-46-54-62-76(8)11-3)100-83(88)66-58-50-40-34-28-27-31-37-45-53-61-75(7)10-2/h73-79,84H,9-72H2,1-8H3,(H,89,90)(H,91,92)/t74?,75?,76?,77-,78-,79-/m1/s1. The maximum Gasteiger partial charge on any atom is 0.472 e. The lowest BCUT2D eigenvalue weighted by Crippen LogP contribution is -2.30. The molecule has 0 aromatic heterocycles. The first-order valence-corrected chi connectivity index (χ1v) is 45.8. The molecule has 0 amide bonds. The molecular formula is C83H162O17P2. The number of ether oxygens (including phenoxy) is 4. The van der Waals surface area contributed by atoms with Gasteiger partial charge in [0.2, 0.25) is 0 Å². The van der Waals surface area contributed by atoms with E-state index in [1.54, 1.807) is 0 Å². The van der Waals surface area contributed by atoms with Gasteiger partial charge < -0.3 is 33.8 Å². The van der Waals surface area contributed by atoms with Crippen molar-refractivity contribution in [3.8, 4) is 0 Å². The number of aliphatic hydroxyl groups is 1. The van der Waals surface area contributed by atoms with Crippen molar-refractivity contribution in [2.75, 3.05) is 39.6 Å². The van der Waals surface area contributed by atoms with E-state index in [-0.39, 0.29) is 25.7 Å². The molecule has 0 saturated heterocycles. The van der Waals surface area contributed by atoms with Crippen molar-refractivity contribution < 1.29 is 80.2 Å². The average Bonchev–Trinajstić information content (AvgIpc) is 0.920. The van der Waals surface area contributed by atoms with Gasteiger partial charge in [-0.1, -0.05) is 376 Å². The van der Waals surface area contributed by atoms with E-state index in [4.69, 9.17) is 37.0 Å². The van der Waals surface area contributed by atoms with Gasteiger partial charge in [0.15, 0.2) is 12.2 Å². The SMILES string of the molecule is CCC(C)CCCCCCCCCCCCCCCCCCCCC(=O)OC[C@H](COP(=O)(O)OC[C@@H](O)COP(=O)(O)OC[C@@H](COC(=O)CCCCCCCCC(C)CC)OC(=O)CCCCCCCCCCCCC(C)CC)OC(=O)CCCCCCCCCCCCCCCC(C)C. The number of aliphatic hydroxyl groups excluding tert-OH is 1. The molecule has 0 fully saturated rings. The summed E-state index contributed by atoms with van der Waals surface area (Å²) in [6.45, 7) is 14.3. The highest BCUT2D eigenvalue weighted by atomic mass is 31.2. The fraction of sp³-hybridized carbons (Fsp3) is 0.952. The topological polar surface area (TPSA) is 237 Å². The van der Waals surface area contributed by atoms with E-state index in [9.17, 15) is 43.2 Å². The number of hydrogen-bond donors (Lipinski definition) is 3. The zero-order chi connectivity index (χ0) is 75.3. The minimum absolute atomic E-state index is 0.105. The van der Waals surface area contributed by atoms with E-state index < -0.39 is 97.5 Å². The molecule has 0 aliphatic rings. The monoisotopic (exact) mass is 1490 g/mol. The van der Waals surface area contributed by atoms with Crippen molar-refractivity contribution in [1.29, 1.82) is 0 Å². The number of rotatable bonds is 80. The van der Waals surface area contributed by atoms with Crippen LogP contribution in [0.1, 0.15) is 428 Å². The van der Waals surface area contributed by atoms with Gasteiger partial charge in [0, 0.05) is 25.7 Å². The van der Waals surface area contributed by atoms with Crippen LogP contribution in [0.5, 0.6) is 0 Å². The molecule has 17 nitrogen and oxygen atoms in total. The number of phosphoric acid groups is 2. The summed E-state index contributed by atoms with van der Waals surface area (Å²) in [5.41, 5.74) is 0. The molecule has 0 aliphatic heterocycles. The zero-order valence-electron chi connectivity index (χ0n) is 67.2. The second-order valence-electron chi connectivity index (χ2n) is 31.1. The Labute approximate surface area is 626 Å². The molecule has 0 radical (unpaired) electrons. The van der Waals surface area contributed by atoms with Gasteiger partial charge in [-0.2, -0.15) is 0 Å². The van der Waals surface area contributed by atoms with Gasteiger partial charge in [-0.15, -0.1) is 0 Å². The normalized spacial score (nSPS) is 14.8. The molecular weight excluding hydrogens is 1330 g/mol. The van der Waals surface area contributed by atoms with E-state index in [2.05, 4.69) is 55.4 Å². The Bertz CT molecular complexity index is 1990. The van der Waals surface area contributed by atoms with E-state index in [1.165, 1.54) is 225 Å². The molecule has 0 heterocycles. The van der Waals surface area contributed by atoms with Crippen molar-refractivity contribution >= 4 is 39.5 Å². The summed E-state index contributed by atoms with van der Waals surface area (Å²) in [5, 5.41) is 10.6. The Morgan fingerprint density at radius 1 is 0.275 bits per heavy atom. The third kappa shape index (κ3) is 72.3. The first kappa shape index (κ1) is 100. The number of hydrogen-bond acceptors (Lipinski definition) is 15. The quantitative estimate of drug-likeness (QED) is 0.0222. The summed E-state index contributed by atoms with van der Waals surface area (Å²) in [4.78, 5) is 73.1. The van der Waals surface area contributed by atoms with Gasteiger partial charge in [0.1, 0.15) is 19.3 Å². The fourth-order valence-electron chi connectivity index (χ4n) is 12.7. The second kappa shape index (κ2) is 72.0. The predicted molar refractivity (Wildman–Crippen MR) is 418 cm³/mol. The Morgan fingerprint density at radius 2 is 0.471 bits per heavy atom. The maximum atomic E-state index is 13.1. The molecule has 5 unspecified atom stereocenters. The van der Waals surface area contributed by atoms with Gasteiger partial charge in [-0.25, -0.2) is 9.13 Å². The van der Waals surface area contributed by atoms with E-state index in [0.29, 0.717) is 25.7 Å². The smallest absolute Gasteiger partial charge is 0.462 e. The van der Waals surface area contributed by atoms with Crippen molar-refractivity contribution in [2.45, 2.75) is 446 Å². The summed E-state index contributed by atoms with van der Waals surface area (Å²) in [7, 11) is -9.92.